The molecule has 0 amide bonds. The van der Waals surface area contributed by atoms with Gasteiger partial charge in [0.15, 0.2) is 17.3 Å². The fourth-order valence-corrected chi connectivity index (χ4v) is 2.57. The van der Waals surface area contributed by atoms with Crippen LogP contribution in [-0.4, -0.2) is 29.6 Å². The monoisotopic (exact) mass is 322 g/mol. The molecule has 0 radical (unpaired) electrons. The number of methoxy groups -OCH3 is 2. The van der Waals surface area contributed by atoms with Crippen LogP contribution in [0, 0.1) is 0 Å². The number of para-hydroxylation sites is 2. The Hall–Kier alpha value is -3.08. The number of allylic oxidation sites excluding steroid dienone is 1. The van der Waals surface area contributed by atoms with E-state index in [0.29, 0.717) is 17.3 Å². The van der Waals surface area contributed by atoms with E-state index in [0.717, 1.165) is 16.6 Å². The van der Waals surface area contributed by atoms with E-state index in [-0.39, 0.29) is 5.78 Å². The minimum absolute atomic E-state index is 0.150. The predicted molar refractivity (Wildman–Crippen MR) is 93.6 cm³/mol. The Kier molecular flexibility index (Phi) is 4.33. The summed E-state index contributed by atoms with van der Waals surface area (Å²) in [6.45, 7) is 0. The third-order valence-electron chi connectivity index (χ3n) is 3.84. The molecule has 122 valence electrons. The van der Waals surface area contributed by atoms with E-state index in [4.69, 9.17) is 9.47 Å². The Balaban J connectivity index is 1.88. The van der Waals surface area contributed by atoms with Crippen molar-refractivity contribution in [3.05, 3.63) is 59.9 Å². The number of nitrogens with zero attached hydrogens (tertiary/aromatic N) is 2. The van der Waals surface area contributed by atoms with E-state index in [1.54, 1.807) is 30.9 Å². The molecule has 1 aromatic heterocycles. The molecule has 2 aromatic carbocycles. The van der Waals surface area contributed by atoms with Crippen LogP contribution in [0.1, 0.15) is 16.2 Å². The number of carbonyl (C=O) groups is 1. The van der Waals surface area contributed by atoms with Crippen molar-refractivity contribution in [2.24, 2.45) is 7.05 Å². The number of ether oxygens (including phenoxy) is 2. The highest BCUT2D eigenvalue weighted by Gasteiger charge is 2.12. The van der Waals surface area contributed by atoms with Gasteiger partial charge in [-0.1, -0.05) is 24.3 Å². The van der Waals surface area contributed by atoms with Crippen LogP contribution in [0.25, 0.3) is 17.1 Å². The van der Waals surface area contributed by atoms with E-state index in [2.05, 4.69) is 4.98 Å². The largest absolute Gasteiger partial charge is 0.493 e. The van der Waals surface area contributed by atoms with Crippen molar-refractivity contribution in [1.29, 1.82) is 0 Å². The zero-order valence-corrected chi connectivity index (χ0v) is 13.8. The van der Waals surface area contributed by atoms with E-state index in [9.17, 15) is 4.79 Å². The van der Waals surface area contributed by atoms with Gasteiger partial charge in [-0.25, -0.2) is 4.98 Å². The number of imidazole rings is 1. The van der Waals surface area contributed by atoms with Gasteiger partial charge >= 0.3 is 0 Å². The fraction of sp³-hybridized carbons (Fsp3) is 0.158. The van der Waals surface area contributed by atoms with Crippen molar-refractivity contribution in [3.63, 3.8) is 0 Å². The lowest BCUT2D eigenvalue weighted by atomic mass is 10.1. The standard InChI is InChI=1S/C19H18N2O3/c1-21-15-7-5-4-6-14(15)20-19(21)16(22)10-8-13-9-11-17(23-2)18(12-13)24-3/h4-12H,1-3H3/b10-8+. The molecule has 1 heterocycles. The summed E-state index contributed by atoms with van der Waals surface area (Å²) >= 11 is 0. The fourth-order valence-electron chi connectivity index (χ4n) is 2.57. The molecule has 0 aliphatic rings. The number of aromatic nitrogens is 2. The van der Waals surface area contributed by atoms with E-state index in [1.807, 2.05) is 43.4 Å². The summed E-state index contributed by atoms with van der Waals surface area (Å²) in [5, 5.41) is 0. The van der Waals surface area contributed by atoms with E-state index in [1.165, 1.54) is 6.08 Å². The van der Waals surface area contributed by atoms with Crippen LogP contribution in [0.3, 0.4) is 0 Å². The lowest BCUT2D eigenvalue weighted by Gasteiger charge is -2.07. The zero-order chi connectivity index (χ0) is 17.1. The summed E-state index contributed by atoms with van der Waals surface area (Å²) in [5.41, 5.74) is 2.59. The first-order valence-electron chi connectivity index (χ1n) is 7.50. The van der Waals surface area contributed by atoms with Gasteiger partial charge in [0.25, 0.3) is 0 Å². The van der Waals surface area contributed by atoms with Gasteiger partial charge in [-0.3, -0.25) is 4.79 Å². The molecule has 0 saturated carbocycles. The Morgan fingerprint density at radius 1 is 1.08 bits per heavy atom. The van der Waals surface area contributed by atoms with Gasteiger partial charge in [-0.15, -0.1) is 0 Å². The lowest BCUT2D eigenvalue weighted by molar-refractivity contribution is 0.103. The van der Waals surface area contributed by atoms with Crippen molar-refractivity contribution in [2.45, 2.75) is 0 Å². The van der Waals surface area contributed by atoms with Crippen LogP contribution in [0.2, 0.25) is 0 Å². The second-order valence-electron chi connectivity index (χ2n) is 5.30. The van der Waals surface area contributed by atoms with Crippen molar-refractivity contribution >= 4 is 22.9 Å². The average molecular weight is 322 g/mol. The molecular weight excluding hydrogens is 304 g/mol. The summed E-state index contributed by atoms with van der Waals surface area (Å²) in [6, 6.07) is 13.2. The smallest absolute Gasteiger partial charge is 0.221 e. The number of hydrogen-bond donors (Lipinski definition) is 0. The van der Waals surface area contributed by atoms with Crippen LogP contribution in [0.15, 0.2) is 48.5 Å². The number of rotatable bonds is 5. The highest BCUT2D eigenvalue weighted by molar-refractivity contribution is 6.06. The minimum Gasteiger partial charge on any atom is -0.493 e. The number of fused-ring (bicyclic) bond motifs is 1. The molecule has 0 saturated heterocycles. The Labute approximate surface area is 140 Å². The molecule has 0 fully saturated rings. The molecule has 3 aromatic rings. The maximum Gasteiger partial charge on any atom is 0.221 e. The zero-order valence-electron chi connectivity index (χ0n) is 13.8. The second-order valence-corrected chi connectivity index (χ2v) is 5.30. The molecular formula is C19H18N2O3. The number of benzene rings is 2. The minimum atomic E-state index is -0.150. The summed E-state index contributed by atoms with van der Waals surface area (Å²) in [5.74, 6) is 1.53. The molecule has 0 unspecified atom stereocenters. The molecule has 24 heavy (non-hydrogen) atoms. The first kappa shape index (κ1) is 15.8. The third kappa shape index (κ3) is 2.88. The number of carbonyl (C=O) groups excluding carboxylic acids is 1. The predicted octanol–water partition coefficient (Wildman–Crippen LogP) is 3.49. The average Bonchev–Trinajstić information content (AvgIpc) is 2.96. The third-order valence-corrected chi connectivity index (χ3v) is 3.84. The van der Waals surface area contributed by atoms with Crippen LogP contribution in [-0.2, 0) is 7.05 Å². The Bertz CT molecular complexity index is 926. The van der Waals surface area contributed by atoms with Gasteiger partial charge in [0, 0.05) is 7.05 Å². The van der Waals surface area contributed by atoms with Crippen molar-refractivity contribution < 1.29 is 14.3 Å². The molecule has 5 heteroatoms. The molecule has 0 aliphatic carbocycles. The van der Waals surface area contributed by atoms with Gasteiger partial charge in [-0.05, 0) is 35.9 Å². The molecule has 5 nitrogen and oxygen atoms in total. The summed E-state index contributed by atoms with van der Waals surface area (Å²) < 4.78 is 12.3. The maximum atomic E-state index is 12.5. The first-order valence-corrected chi connectivity index (χ1v) is 7.50. The Morgan fingerprint density at radius 3 is 2.54 bits per heavy atom. The van der Waals surface area contributed by atoms with Crippen LogP contribution in [0.4, 0.5) is 0 Å². The molecule has 0 spiro atoms. The SMILES string of the molecule is COc1ccc(/C=C/C(=O)c2nc3ccccc3n2C)cc1OC. The highest BCUT2D eigenvalue weighted by atomic mass is 16.5. The van der Waals surface area contributed by atoms with Crippen molar-refractivity contribution in [1.82, 2.24) is 9.55 Å². The maximum absolute atomic E-state index is 12.5. The first-order chi connectivity index (χ1) is 11.6. The molecule has 0 bridgehead atoms. The number of hydrogen-bond acceptors (Lipinski definition) is 4. The van der Waals surface area contributed by atoms with E-state index < -0.39 is 0 Å². The second kappa shape index (κ2) is 6.58. The molecule has 3 rings (SSSR count). The lowest BCUT2D eigenvalue weighted by Crippen LogP contribution is -2.04. The van der Waals surface area contributed by atoms with Crippen LogP contribution in [0.5, 0.6) is 11.5 Å². The molecule has 0 atom stereocenters. The van der Waals surface area contributed by atoms with Gasteiger partial charge in [0.1, 0.15) is 0 Å². The quantitative estimate of drug-likeness (QED) is 0.533. The highest BCUT2D eigenvalue weighted by Crippen LogP contribution is 2.28. The van der Waals surface area contributed by atoms with Crippen LogP contribution >= 0.6 is 0 Å². The summed E-state index contributed by atoms with van der Waals surface area (Å²) in [7, 11) is 5.01. The summed E-state index contributed by atoms with van der Waals surface area (Å²) in [4.78, 5) is 16.9. The van der Waals surface area contributed by atoms with Gasteiger partial charge in [0.05, 0.1) is 25.3 Å². The number of aryl methyl sites for hydroxylation is 1. The van der Waals surface area contributed by atoms with Crippen molar-refractivity contribution in [2.75, 3.05) is 14.2 Å². The van der Waals surface area contributed by atoms with Gasteiger partial charge in [0.2, 0.25) is 5.78 Å². The number of ketones is 1. The Morgan fingerprint density at radius 2 is 1.83 bits per heavy atom. The van der Waals surface area contributed by atoms with Gasteiger partial charge < -0.3 is 14.0 Å². The van der Waals surface area contributed by atoms with Gasteiger partial charge in [-0.2, -0.15) is 0 Å². The molecule has 0 aliphatic heterocycles. The normalized spacial score (nSPS) is 11.1. The topological polar surface area (TPSA) is 53.3 Å². The molecule has 0 N–H and O–H groups in total. The van der Waals surface area contributed by atoms with Crippen LogP contribution < -0.4 is 9.47 Å². The summed E-state index contributed by atoms with van der Waals surface area (Å²) in [6.07, 6.45) is 3.26. The van der Waals surface area contributed by atoms with E-state index >= 15 is 0 Å². The van der Waals surface area contributed by atoms with Crippen molar-refractivity contribution in [3.8, 4) is 11.5 Å².